The first kappa shape index (κ1) is 16.6. The summed E-state index contributed by atoms with van der Waals surface area (Å²) >= 11 is 0. The van der Waals surface area contributed by atoms with Crippen LogP contribution in [0.4, 0.5) is 0 Å². The summed E-state index contributed by atoms with van der Waals surface area (Å²) in [5.74, 6) is 0.397. The number of carbonyl (C=O) groups is 2. The Hall–Kier alpha value is -1.85. The molecule has 1 aliphatic carbocycles. The monoisotopic (exact) mass is 344 g/mol. The van der Waals surface area contributed by atoms with E-state index in [1.54, 1.807) is 0 Å². The third kappa shape index (κ3) is 3.18. The molecule has 2 aliphatic heterocycles. The molecule has 1 saturated heterocycles. The van der Waals surface area contributed by atoms with E-state index in [-0.39, 0.29) is 11.8 Å². The third-order valence-electron chi connectivity index (χ3n) is 5.80. The number of imidazole rings is 1. The highest BCUT2D eigenvalue weighted by Gasteiger charge is 2.34. The van der Waals surface area contributed by atoms with Crippen molar-refractivity contribution in [1.82, 2.24) is 19.8 Å². The van der Waals surface area contributed by atoms with Gasteiger partial charge in [0.1, 0.15) is 5.69 Å². The predicted octanol–water partition coefficient (Wildman–Crippen LogP) is 2.52. The topological polar surface area (TPSA) is 67.2 Å². The highest BCUT2D eigenvalue weighted by atomic mass is 16.2. The second-order valence-electron chi connectivity index (χ2n) is 7.64. The number of carbonyl (C=O) groups excluding carboxylic acids is 2. The maximum Gasteiger partial charge on any atom is 0.290 e. The van der Waals surface area contributed by atoms with Crippen LogP contribution in [0.5, 0.6) is 0 Å². The number of likely N-dealkylation sites (tertiary alicyclic amines) is 1. The molecule has 6 heteroatoms. The fraction of sp³-hybridized carbons (Fsp3) is 0.737. The lowest BCUT2D eigenvalue weighted by Gasteiger charge is -2.35. The zero-order chi connectivity index (χ0) is 17.4. The molecular weight excluding hydrogens is 316 g/mol. The zero-order valence-corrected chi connectivity index (χ0v) is 15.1. The van der Waals surface area contributed by atoms with E-state index < -0.39 is 0 Å². The molecule has 3 aliphatic rings. The molecule has 0 bridgehead atoms. The molecule has 1 unspecified atom stereocenters. The summed E-state index contributed by atoms with van der Waals surface area (Å²) in [5.41, 5.74) is 1.44. The number of hydrogen-bond donors (Lipinski definition) is 1. The van der Waals surface area contributed by atoms with Crippen molar-refractivity contribution in [2.45, 2.75) is 83.3 Å². The van der Waals surface area contributed by atoms with Gasteiger partial charge in [-0.25, -0.2) is 4.98 Å². The molecule has 2 fully saturated rings. The average molecular weight is 344 g/mol. The summed E-state index contributed by atoms with van der Waals surface area (Å²) in [6.45, 7) is 3.75. The van der Waals surface area contributed by atoms with Crippen molar-refractivity contribution < 1.29 is 9.59 Å². The molecule has 1 aromatic rings. The predicted molar refractivity (Wildman–Crippen MR) is 94.6 cm³/mol. The highest BCUT2D eigenvalue weighted by Crippen LogP contribution is 2.26. The quantitative estimate of drug-likeness (QED) is 0.912. The second kappa shape index (κ2) is 6.81. The summed E-state index contributed by atoms with van der Waals surface area (Å²) in [6, 6.07) is 0.612. The Balaban J connectivity index is 1.65. The van der Waals surface area contributed by atoms with Gasteiger partial charge in [0.2, 0.25) is 0 Å². The molecule has 1 saturated carbocycles. The van der Waals surface area contributed by atoms with Crippen LogP contribution in [-0.2, 0) is 13.0 Å². The van der Waals surface area contributed by atoms with Gasteiger partial charge in [-0.15, -0.1) is 0 Å². The summed E-state index contributed by atoms with van der Waals surface area (Å²) in [7, 11) is 0. The number of hydrogen-bond acceptors (Lipinski definition) is 3. The number of aromatic nitrogens is 2. The highest BCUT2D eigenvalue weighted by molar-refractivity contribution is 5.97. The maximum atomic E-state index is 13.2. The lowest BCUT2D eigenvalue weighted by atomic mass is 10.00. The van der Waals surface area contributed by atoms with E-state index in [0.717, 1.165) is 70.2 Å². The Morgan fingerprint density at radius 2 is 1.92 bits per heavy atom. The van der Waals surface area contributed by atoms with E-state index >= 15 is 0 Å². The fourth-order valence-corrected chi connectivity index (χ4v) is 4.19. The van der Waals surface area contributed by atoms with Crippen LogP contribution in [0, 0.1) is 0 Å². The van der Waals surface area contributed by atoms with Crippen LogP contribution in [0.3, 0.4) is 0 Å². The van der Waals surface area contributed by atoms with Gasteiger partial charge in [-0.3, -0.25) is 9.59 Å². The molecule has 0 radical (unpaired) electrons. The van der Waals surface area contributed by atoms with Crippen molar-refractivity contribution in [1.29, 1.82) is 0 Å². The molecule has 6 nitrogen and oxygen atoms in total. The third-order valence-corrected chi connectivity index (χ3v) is 5.80. The van der Waals surface area contributed by atoms with Crippen LogP contribution in [0.1, 0.15) is 85.1 Å². The summed E-state index contributed by atoms with van der Waals surface area (Å²) in [4.78, 5) is 32.4. The van der Waals surface area contributed by atoms with Crippen LogP contribution < -0.4 is 5.32 Å². The molecular formula is C19H28N4O2. The number of nitrogens with zero attached hydrogens (tertiary/aromatic N) is 3. The molecule has 4 rings (SSSR count). The van der Waals surface area contributed by atoms with Crippen molar-refractivity contribution in [3.63, 3.8) is 0 Å². The van der Waals surface area contributed by atoms with E-state index in [2.05, 4.69) is 17.2 Å². The number of rotatable bonds is 4. The average Bonchev–Trinajstić information content (AvgIpc) is 3.38. The standard InChI is InChI=1S/C19H28N4O2/c1-2-14-7-3-5-11-22(14)19(25)17-21-16(18(24)20-13-9-10-13)15-8-4-6-12-23(15)17/h13-14H,2-12H2,1H3,(H,20,24). The largest absolute Gasteiger partial charge is 0.348 e. The fourth-order valence-electron chi connectivity index (χ4n) is 4.19. The SMILES string of the molecule is CCC1CCCCN1C(=O)c1nc(C(=O)NC2CC2)c2n1CCCC2. The van der Waals surface area contributed by atoms with Gasteiger partial charge in [-0.1, -0.05) is 6.92 Å². The molecule has 0 aromatic carbocycles. The van der Waals surface area contributed by atoms with E-state index in [4.69, 9.17) is 0 Å². The van der Waals surface area contributed by atoms with Crippen molar-refractivity contribution in [2.24, 2.45) is 0 Å². The maximum absolute atomic E-state index is 13.2. The Kier molecular flexibility index (Phi) is 4.52. The van der Waals surface area contributed by atoms with Crippen LogP contribution in [0.2, 0.25) is 0 Å². The smallest absolute Gasteiger partial charge is 0.290 e. The van der Waals surface area contributed by atoms with Gasteiger partial charge in [0.25, 0.3) is 11.8 Å². The minimum Gasteiger partial charge on any atom is -0.348 e. The van der Waals surface area contributed by atoms with Crippen molar-refractivity contribution >= 4 is 11.8 Å². The van der Waals surface area contributed by atoms with Crippen LogP contribution in [0.25, 0.3) is 0 Å². The van der Waals surface area contributed by atoms with E-state index in [1.807, 2.05) is 9.47 Å². The number of nitrogens with one attached hydrogen (secondary N) is 1. The summed E-state index contributed by atoms with van der Waals surface area (Å²) in [5, 5.41) is 3.03. The van der Waals surface area contributed by atoms with Crippen molar-refractivity contribution in [3.8, 4) is 0 Å². The van der Waals surface area contributed by atoms with Crippen LogP contribution in [0.15, 0.2) is 0 Å². The molecule has 25 heavy (non-hydrogen) atoms. The minimum absolute atomic E-state index is 0.0140. The lowest BCUT2D eigenvalue weighted by Crippen LogP contribution is -2.44. The van der Waals surface area contributed by atoms with Gasteiger partial charge in [0.05, 0.1) is 5.69 Å². The van der Waals surface area contributed by atoms with Crippen LogP contribution >= 0.6 is 0 Å². The molecule has 3 heterocycles. The van der Waals surface area contributed by atoms with Crippen LogP contribution in [-0.4, -0.2) is 44.9 Å². The Bertz CT molecular complexity index is 677. The first-order chi connectivity index (χ1) is 12.2. The van der Waals surface area contributed by atoms with E-state index in [1.165, 1.54) is 6.42 Å². The van der Waals surface area contributed by atoms with Gasteiger partial charge in [0.15, 0.2) is 5.82 Å². The summed E-state index contributed by atoms with van der Waals surface area (Å²) in [6.07, 6.45) is 9.36. The van der Waals surface area contributed by atoms with Gasteiger partial charge in [-0.05, 0) is 57.8 Å². The van der Waals surface area contributed by atoms with Crippen molar-refractivity contribution in [2.75, 3.05) is 6.54 Å². The van der Waals surface area contributed by atoms with Crippen molar-refractivity contribution in [3.05, 3.63) is 17.2 Å². The van der Waals surface area contributed by atoms with Gasteiger partial charge < -0.3 is 14.8 Å². The number of fused-ring (bicyclic) bond motifs is 1. The number of piperidine rings is 1. The first-order valence-corrected chi connectivity index (χ1v) is 9.90. The molecule has 0 spiro atoms. The first-order valence-electron chi connectivity index (χ1n) is 9.90. The molecule has 2 amide bonds. The normalized spacial score (nSPS) is 23.2. The van der Waals surface area contributed by atoms with E-state index in [9.17, 15) is 9.59 Å². The van der Waals surface area contributed by atoms with Gasteiger partial charge in [-0.2, -0.15) is 0 Å². The Morgan fingerprint density at radius 3 is 2.68 bits per heavy atom. The molecule has 1 atom stereocenters. The molecule has 1 N–H and O–H groups in total. The van der Waals surface area contributed by atoms with Gasteiger partial charge >= 0.3 is 0 Å². The zero-order valence-electron chi connectivity index (χ0n) is 15.1. The number of amides is 2. The minimum atomic E-state index is -0.0992. The summed E-state index contributed by atoms with van der Waals surface area (Å²) < 4.78 is 2.02. The Morgan fingerprint density at radius 1 is 1.12 bits per heavy atom. The molecule has 1 aromatic heterocycles. The van der Waals surface area contributed by atoms with E-state index in [0.29, 0.717) is 23.6 Å². The Labute approximate surface area is 149 Å². The van der Waals surface area contributed by atoms with Gasteiger partial charge in [0, 0.05) is 25.2 Å². The second-order valence-corrected chi connectivity index (χ2v) is 7.64. The molecule has 136 valence electrons. The lowest BCUT2D eigenvalue weighted by molar-refractivity contribution is 0.0589.